The summed E-state index contributed by atoms with van der Waals surface area (Å²) in [5.74, 6) is 0. The molecule has 2 aromatic rings. The molecule has 1 atom stereocenters. The van der Waals surface area contributed by atoms with Crippen molar-refractivity contribution in [2.75, 3.05) is 13.6 Å². The van der Waals surface area contributed by atoms with E-state index in [-0.39, 0.29) is 0 Å². The molecule has 0 amide bonds. The Hall–Kier alpha value is -1.38. The first-order valence-corrected chi connectivity index (χ1v) is 6.45. The van der Waals surface area contributed by atoms with Crippen LogP contribution in [0.5, 0.6) is 0 Å². The number of rotatable bonds is 4. The number of fused-ring (bicyclic) bond motifs is 1. The largest absolute Gasteiger partial charge is 0.387 e. The molecule has 2 heteroatoms. The molecule has 2 rings (SSSR count). The third-order valence-corrected chi connectivity index (χ3v) is 3.50. The Morgan fingerprint density at radius 3 is 2.39 bits per heavy atom. The average Bonchev–Trinajstić information content (AvgIpc) is 2.37. The predicted molar refractivity (Wildman–Crippen MR) is 76.7 cm³/mol. The first kappa shape index (κ1) is 13.1. The first-order valence-electron chi connectivity index (χ1n) is 6.45. The van der Waals surface area contributed by atoms with E-state index >= 15 is 0 Å². The number of aliphatic hydroxyl groups excluding tert-OH is 1. The minimum atomic E-state index is -0.429. The van der Waals surface area contributed by atoms with Crippen molar-refractivity contribution >= 4 is 10.8 Å². The number of hydrogen-bond donors (Lipinski definition) is 1. The SMILES string of the molecule is CC(C)N(C)CC(O)c1ccc2ccccc2c1. The van der Waals surface area contributed by atoms with E-state index in [0.717, 1.165) is 5.56 Å². The summed E-state index contributed by atoms with van der Waals surface area (Å²) in [5.41, 5.74) is 0.987. The molecule has 2 aromatic carbocycles. The lowest BCUT2D eigenvalue weighted by atomic mass is 10.0. The van der Waals surface area contributed by atoms with Gasteiger partial charge in [0.25, 0.3) is 0 Å². The summed E-state index contributed by atoms with van der Waals surface area (Å²) in [6.07, 6.45) is -0.429. The summed E-state index contributed by atoms with van der Waals surface area (Å²) in [4.78, 5) is 2.15. The Balaban J connectivity index is 2.20. The van der Waals surface area contributed by atoms with Crippen LogP contribution in [0.15, 0.2) is 42.5 Å². The average molecular weight is 243 g/mol. The highest BCUT2D eigenvalue weighted by Gasteiger charge is 2.12. The van der Waals surface area contributed by atoms with Gasteiger partial charge in [0.15, 0.2) is 0 Å². The van der Waals surface area contributed by atoms with Crippen molar-refractivity contribution < 1.29 is 5.11 Å². The van der Waals surface area contributed by atoms with E-state index in [2.05, 4.69) is 43.0 Å². The molecule has 2 nitrogen and oxygen atoms in total. The molecule has 0 heterocycles. The fourth-order valence-electron chi connectivity index (χ4n) is 2.00. The molecule has 0 saturated carbocycles. The molecule has 0 aromatic heterocycles. The Morgan fingerprint density at radius 1 is 1.06 bits per heavy atom. The zero-order valence-corrected chi connectivity index (χ0v) is 11.3. The van der Waals surface area contributed by atoms with Gasteiger partial charge >= 0.3 is 0 Å². The van der Waals surface area contributed by atoms with Gasteiger partial charge in [0.1, 0.15) is 0 Å². The van der Waals surface area contributed by atoms with Gasteiger partial charge in [-0.05, 0) is 43.3 Å². The minimum Gasteiger partial charge on any atom is -0.387 e. The van der Waals surface area contributed by atoms with E-state index in [1.54, 1.807) is 0 Å². The number of benzene rings is 2. The predicted octanol–water partition coefficient (Wildman–Crippen LogP) is 3.21. The van der Waals surface area contributed by atoms with Crippen molar-refractivity contribution in [3.05, 3.63) is 48.0 Å². The molecule has 0 radical (unpaired) electrons. The molecule has 18 heavy (non-hydrogen) atoms. The second kappa shape index (κ2) is 5.51. The fourth-order valence-corrected chi connectivity index (χ4v) is 2.00. The molecule has 0 fully saturated rings. The van der Waals surface area contributed by atoms with E-state index in [0.29, 0.717) is 12.6 Å². The number of aliphatic hydroxyl groups is 1. The van der Waals surface area contributed by atoms with Crippen LogP contribution < -0.4 is 0 Å². The smallest absolute Gasteiger partial charge is 0.0917 e. The molecule has 1 N–H and O–H groups in total. The van der Waals surface area contributed by atoms with Gasteiger partial charge in [-0.1, -0.05) is 36.4 Å². The van der Waals surface area contributed by atoms with Gasteiger partial charge in [-0.3, -0.25) is 0 Å². The molecular weight excluding hydrogens is 222 g/mol. The summed E-state index contributed by atoms with van der Waals surface area (Å²) >= 11 is 0. The Bertz CT molecular complexity index is 521. The second-order valence-electron chi connectivity index (χ2n) is 5.16. The van der Waals surface area contributed by atoms with Crippen LogP contribution in [0.2, 0.25) is 0 Å². The van der Waals surface area contributed by atoms with E-state index < -0.39 is 6.10 Å². The molecule has 0 saturated heterocycles. The summed E-state index contributed by atoms with van der Waals surface area (Å²) in [6.45, 7) is 4.93. The Labute approximate surface area is 109 Å². The molecule has 0 aliphatic carbocycles. The van der Waals surface area contributed by atoms with E-state index in [4.69, 9.17) is 0 Å². The van der Waals surface area contributed by atoms with Crippen LogP contribution in [-0.2, 0) is 0 Å². The van der Waals surface area contributed by atoms with E-state index in [1.807, 2.05) is 25.2 Å². The van der Waals surface area contributed by atoms with Gasteiger partial charge in [0.05, 0.1) is 6.10 Å². The third-order valence-electron chi connectivity index (χ3n) is 3.50. The lowest BCUT2D eigenvalue weighted by Gasteiger charge is -2.24. The molecule has 0 bridgehead atoms. The van der Waals surface area contributed by atoms with Gasteiger partial charge in [0.2, 0.25) is 0 Å². The summed E-state index contributed by atoms with van der Waals surface area (Å²) in [6, 6.07) is 14.8. The molecule has 0 aliphatic rings. The zero-order chi connectivity index (χ0) is 13.1. The normalized spacial score (nSPS) is 13.4. The monoisotopic (exact) mass is 243 g/mol. The highest BCUT2D eigenvalue weighted by atomic mass is 16.3. The topological polar surface area (TPSA) is 23.5 Å². The van der Waals surface area contributed by atoms with Crippen LogP contribution in [0.4, 0.5) is 0 Å². The van der Waals surface area contributed by atoms with Crippen molar-refractivity contribution in [2.24, 2.45) is 0 Å². The van der Waals surface area contributed by atoms with Crippen LogP contribution in [0, 0.1) is 0 Å². The first-order chi connectivity index (χ1) is 8.58. The van der Waals surface area contributed by atoms with Gasteiger partial charge < -0.3 is 10.0 Å². The van der Waals surface area contributed by atoms with Crippen LogP contribution in [0.1, 0.15) is 25.5 Å². The van der Waals surface area contributed by atoms with Crippen molar-refractivity contribution in [3.63, 3.8) is 0 Å². The standard InChI is InChI=1S/C16H21NO/c1-12(2)17(3)11-16(18)15-9-8-13-6-4-5-7-14(13)10-15/h4-10,12,16,18H,11H2,1-3H3. The fraction of sp³-hybridized carbons (Fsp3) is 0.375. The zero-order valence-electron chi connectivity index (χ0n) is 11.3. The van der Waals surface area contributed by atoms with Crippen LogP contribution in [0.25, 0.3) is 10.8 Å². The maximum Gasteiger partial charge on any atom is 0.0917 e. The summed E-state index contributed by atoms with van der Waals surface area (Å²) < 4.78 is 0. The molecule has 0 aliphatic heterocycles. The van der Waals surface area contributed by atoms with Gasteiger partial charge in [-0.15, -0.1) is 0 Å². The minimum absolute atomic E-state index is 0.429. The Kier molecular flexibility index (Phi) is 4.00. The maximum absolute atomic E-state index is 10.3. The summed E-state index contributed by atoms with van der Waals surface area (Å²) in [5, 5.41) is 12.7. The third kappa shape index (κ3) is 2.89. The van der Waals surface area contributed by atoms with Gasteiger partial charge in [-0.2, -0.15) is 0 Å². The quantitative estimate of drug-likeness (QED) is 0.891. The highest BCUT2D eigenvalue weighted by molar-refractivity contribution is 5.83. The number of hydrogen-bond acceptors (Lipinski definition) is 2. The molecule has 0 spiro atoms. The second-order valence-corrected chi connectivity index (χ2v) is 5.16. The van der Waals surface area contributed by atoms with Gasteiger partial charge in [0, 0.05) is 12.6 Å². The van der Waals surface area contributed by atoms with Crippen molar-refractivity contribution in [1.82, 2.24) is 4.90 Å². The number of likely N-dealkylation sites (N-methyl/N-ethyl adjacent to an activating group) is 1. The van der Waals surface area contributed by atoms with Crippen molar-refractivity contribution in [1.29, 1.82) is 0 Å². The van der Waals surface area contributed by atoms with E-state index in [9.17, 15) is 5.11 Å². The van der Waals surface area contributed by atoms with Gasteiger partial charge in [-0.25, -0.2) is 0 Å². The lowest BCUT2D eigenvalue weighted by molar-refractivity contribution is 0.112. The van der Waals surface area contributed by atoms with E-state index in [1.165, 1.54) is 10.8 Å². The van der Waals surface area contributed by atoms with Crippen LogP contribution in [0.3, 0.4) is 0 Å². The molecule has 1 unspecified atom stereocenters. The lowest BCUT2D eigenvalue weighted by Crippen LogP contribution is -2.30. The number of nitrogens with zero attached hydrogens (tertiary/aromatic N) is 1. The van der Waals surface area contributed by atoms with Crippen molar-refractivity contribution in [2.45, 2.75) is 26.0 Å². The van der Waals surface area contributed by atoms with Crippen LogP contribution >= 0.6 is 0 Å². The molecule has 96 valence electrons. The molecular formula is C16H21NO. The summed E-state index contributed by atoms with van der Waals surface area (Å²) in [7, 11) is 2.04. The highest BCUT2D eigenvalue weighted by Crippen LogP contribution is 2.21. The Morgan fingerprint density at radius 2 is 1.72 bits per heavy atom. The van der Waals surface area contributed by atoms with Crippen LogP contribution in [-0.4, -0.2) is 29.6 Å². The maximum atomic E-state index is 10.3. The van der Waals surface area contributed by atoms with Crippen molar-refractivity contribution in [3.8, 4) is 0 Å².